The maximum absolute atomic E-state index is 8.35. The first-order valence-corrected chi connectivity index (χ1v) is 10.5. The van der Waals surface area contributed by atoms with Crippen molar-refractivity contribution in [1.29, 1.82) is 5.41 Å². The number of nitrogens with one attached hydrogen (secondary N) is 3. The number of aryl methyl sites for hydroxylation is 1. The van der Waals surface area contributed by atoms with Gasteiger partial charge in [0.2, 0.25) is 5.88 Å². The fourth-order valence-corrected chi connectivity index (χ4v) is 3.26. The monoisotopic (exact) mass is 418 g/mol. The molecule has 0 saturated carbocycles. The normalized spacial score (nSPS) is 10.8. The van der Waals surface area contributed by atoms with Gasteiger partial charge in [0, 0.05) is 30.7 Å². The summed E-state index contributed by atoms with van der Waals surface area (Å²) in [6.45, 7) is 10.9. The molecular formula is C24H30N6O. The lowest BCUT2D eigenvalue weighted by atomic mass is 10.1. The van der Waals surface area contributed by atoms with Gasteiger partial charge in [-0.25, -0.2) is 9.97 Å². The summed E-state index contributed by atoms with van der Waals surface area (Å²) in [5.41, 5.74) is 6.26. The first-order chi connectivity index (χ1) is 14.9. The zero-order chi connectivity index (χ0) is 22.4. The van der Waals surface area contributed by atoms with E-state index in [2.05, 4.69) is 40.5 Å². The Morgan fingerprint density at radius 1 is 1.16 bits per heavy atom. The van der Waals surface area contributed by atoms with E-state index in [0.29, 0.717) is 36.1 Å². The zero-order valence-electron chi connectivity index (χ0n) is 18.8. The minimum Gasteiger partial charge on any atom is -0.477 e. The lowest BCUT2D eigenvalue weighted by Gasteiger charge is -2.21. The molecule has 0 aliphatic rings. The Bertz CT molecular complexity index is 1060. The SMILES string of the molecule is CCOc1ncccc1-c1cc(NCc2cccnc2C)c(NC(C)C)c(C(C)=N)n1. The molecule has 3 heterocycles. The largest absolute Gasteiger partial charge is 0.477 e. The van der Waals surface area contributed by atoms with Crippen molar-refractivity contribution in [3.63, 3.8) is 0 Å². The molecule has 0 aromatic carbocycles. The summed E-state index contributed by atoms with van der Waals surface area (Å²) in [6, 6.07) is 9.97. The molecule has 0 aliphatic carbocycles. The van der Waals surface area contributed by atoms with Gasteiger partial charge in [0.05, 0.1) is 35.0 Å². The molecule has 3 rings (SSSR count). The van der Waals surface area contributed by atoms with Crippen molar-refractivity contribution in [2.45, 2.75) is 47.2 Å². The molecule has 3 N–H and O–H groups in total. The van der Waals surface area contributed by atoms with E-state index >= 15 is 0 Å². The van der Waals surface area contributed by atoms with Crippen molar-refractivity contribution in [1.82, 2.24) is 15.0 Å². The lowest BCUT2D eigenvalue weighted by molar-refractivity contribution is 0.328. The van der Waals surface area contributed by atoms with Crippen LogP contribution in [0.4, 0.5) is 11.4 Å². The molecule has 7 nitrogen and oxygen atoms in total. The van der Waals surface area contributed by atoms with Crippen LogP contribution in [-0.2, 0) is 6.54 Å². The van der Waals surface area contributed by atoms with Crippen molar-refractivity contribution in [3.8, 4) is 17.1 Å². The summed E-state index contributed by atoms with van der Waals surface area (Å²) >= 11 is 0. The quantitative estimate of drug-likeness (QED) is 0.420. The Morgan fingerprint density at radius 3 is 2.58 bits per heavy atom. The number of nitrogens with zero attached hydrogens (tertiary/aromatic N) is 3. The van der Waals surface area contributed by atoms with Crippen molar-refractivity contribution in [3.05, 3.63) is 59.7 Å². The van der Waals surface area contributed by atoms with Crippen molar-refractivity contribution < 1.29 is 4.74 Å². The topological polar surface area (TPSA) is 95.8 Å². The Kier molecular flexibility index (Phi) is 7.18. The maximum Gasteiger partial charge on any atom is 0.222 e. The standard InChI is InChI=1S/C24H30N6O/c1-6-31-24-19(10-8-12-27-24)20-13-21(28-14-18-9-7-11-26-17(18)5)23(29-15(2)3)22(30-20)16(4)25/h7-13,15,25,29H,6,14H2,1-5H3,(H,28,30). The number of rotatable bonds is 9. The predicted octanol–water partition coefficient (Wildman–Crippen LogP) is 5.07. The molecule has 7 heteroatoms. The molecule has 0 fully saturated rings. The van der Waals surface area contributed by atoms with Crippen LogP contribution in [0.3, 0.4) is 0 Å². The first-order valence-electron chi connectivity index (χ1n) is 10.5. The summed E-state index contributed by atoms with van der Waals surface area (Å²) < 4.78 is 5.72. The van der Waals surface area contributed by atoms with Crippen LogP contribution in [-0.4, -0.2) is 33.3 Å². The van der Waals surface area contributed by atoms with Crippen LogP contribution in [0.15, 0.2) is 42.7 Å². The summed E-state index contributed by atoms with van der Waals surface area (Å²) in [5.74, 6) is 0.532. The van der Waals surface area contributed by atoms with E-state index in [-0.39, 0.29) is 6.04 Å². The van der Waals surface area contributed by atoms with E-state index < -0.39 is 0 Å². The second-order valence-electron chi connectivity index (χ2n) is 7.59. The third-order valence-electron chi connectivity index (χ3n) is 4.72. The van der Waals surface area contributed by atoms with Gasteiger partial charge in [-0.2, -0.15) is 0 Å². The Balaban J connectivity index is 2.12. The number of hydrogen-bond donors (Lipinski definition) is 3. The lowest BCUT2D eigenvalue weighted by Crippen LogP contribution is -2.17. The molecule has 3 aromatic heterocycles. The third kappa shape index (κ3) is 5.36. The summed E-state index contributed by atoms with van der Waals surface area (Å²) in [7, 11) is 0. The molecule has 0 bridgehead atoms. The third-order valence-corrected chi connectivity index (χ3v) is 4.72. The van der Waals surface area contributed by atoms with Crippen molar-refractivity contribution in [2.24, 2.45) is 0 Å². The molecular weight excluding hydrogens is 388 g/mol. The van der Waals surface area contributed by atoms with E-state index in [4.69, 9.17) is 15.1 Å². The molecule has 0 aliphatic heterocycles. The van der Waals surface area contributed by atoms with E-state index in [9.17, 15) is 0 Å². The smallest absolute Gasteiger partial charge is 0.222 e. The van der Waals surface area contributed by atoms with Gasteiger partial charge in [0.25, 0.3) is 0 Å². The summed E-state index contributed by atoms with van der Waals surface area (Å²) in [5, 5.41) is 15.4. The maximum atomic E-state index is 8.35. The van der Waals surface area contributed by atoms with Crippen LogP contribution in [0.2, 0.25) is 0 Å². The van der Waals surface area contributed by atoms with Crippen LogP contribution in [0.5, 0.6) is 5.88 Å². The highest BCUT2D eigenvalue weighted by Gasteiger charge is 2.18. The molecule has 0 amide bonds. The van der Waals surface area contributed by atoms with Gasteiger partial charge in [-0.05, 0) is 64.4 Å². The van der Waals surface area contributed by atoms with Crippen LogP contribution < -0.4 is 15.4 Å². The second kappa shape index (κ2) is 10.0. The molecule has 0 unspecified atom stereocenters. The van der Waals surface area contributed by atoms with E-state index in [1.54, 1.807) is 19.3 Å². The summed E-state index contributed by atoms with van der Waals surface area (Å²) in [6.07, 6.45) is 3.50. The number of aromatic nitrogens is 3. The molecule has 0 atom stereocenters. The molecule has 3 aromatic rings. The van der Waals surface area contributed by atoms with Crippen LogP contribution in [0.1, 0.15) is 44.6 Å². The van der Waals surface area contributed by atoms with Gasteiger partial charge in [-0.1, -0.05) is 6.07 Å². The second-order valence-corrected chi connectivity index (χ2v) is 7.59. The minimum atomic E-state index is 0.184. The Labute approximate surface area is 183 Å². The average Bonchev–Trinajstić information content (AvgIpc) is 2.74. The fourth-order valence-electron chi connectivity index (χ4n) is 3.26. The Hall–Kier alpha value is -3.48. The molecule has 0 spiro atoms. The molecule has 0 saturated heterocycles. The van der Waals surface area contributed by atoms with E-state index in [0.717, 1.165) is 28.2 Å². The predicted molar refractivity (Wildman–Crippen MR) is 126 cm³/mol. The fraction of sp³-hybridized carbons (Fsp3) is 0.333. The van der Waals surface area contributed by atoms with Crippen LogP contribution >= 0.6 is 0 Å². The van der Waals surface area contributed by atoms with Gasteiger partial charge in [0.1, 0.15) is 5.69 Å². The highest BCUT2D eigenvalue weighted by molar-refractivity contribution is 6.03. The highest BCUT2D eigenvalue weighted by Crippen LogP contribution is 2.34. The van der Waals surface area contributed by atoms with Crippen molar-refractivity contribution in [2.75, 3.05) is 17.2 Å². The van der Waals surface area contributed by atoms with Gasteiger partial charge in [-0.3, -0.25) is 4.98 Å². The molecule has 162 valence electrons. The van der Waals surface area contributed by atoms with Gasteiger partial charge < -0.3 is 20.8 Å². The average molecular weight is 419 g/mol. The van der Waals surface area contributed by atoms with Gasteiger partial charge in [-0.15, -0.1) is 0 Å². The first kappa shape index (κ1) is 22.2. The molecule has 0 radical (unpaired) electrons. The van der Waals surface area contributed by atoms with Crippen LogP contribution in [0, 0.1) is 12.3 Å². The van der Waals surface area contributed by atoms with E-state index in [1.807, 2.05) is 38.1 Å². The Morgan fingerprint density at radius 2 is 1.90 bits per heavy atom. The zero-order valence-corrected chi connectivity index (χ0v) is 18.8. The van der Waals surface area contributed by atoms with Gasteiger partial charge >= 0.3 is 0 Å². The van der Waals surface area contributed by atoms with Gasteiger partial charge in [0.15, 0.2) is 0 Å². The van der Waals surface area contributed by atoms with E-state index in [1.165, 1.54) is 0 Å². The highest BCUT2D eigenvalue weighted by atomic mass is 16.5. The number of ether oxygens (including phenoxy) is 1. The number of anilines is 2. The number of hydrogen-bond acceptors (Lipinski definition) is 7. The summed E-state index contributed by atoms with van der Waals surface area (Å²) in [4.78, 5) is 13.6. The minimum absolute atomic E-state index is 0.184. The number of pyridine rings is 3. The van der Waals surface area contributed by atoms with Crippen molar-refractivity contribution >= 4 is 17.1 Å². The van der Waals surface area contributed by atoms with Crippen LogP contribution in [0.25, 0.3) is 11.3 Å². The molecule has 31 heavy (non-hydrogen) atoms.